The highest BCUT2D eigenvalue weighted by Gasteiger charge is 2.79. The van der Waals surface area contributed by atoms with Crippen LogP contribution in [-0.2, 0) is 19.9 Å². The molecule has 7 nitrogen and oxygen atoms in total. The highest BCUT2D eigenvalue weighted by molar-refractivity contribution is 7.93. The lowest BCUT2D eigenvalue weighted by atomic mass is 9.39. The van der Waals surface area contributed by atoms with Crippen molar-refractivity contribution in [2.75, 3.05) is 4.72 Å². The van der Waals surface area contributed by atoms with E-state index in [1.807, 2.05) is 0 Å². The van der Waals surface area contributed by atoms with Crippen LogP contribution in [-0.4, -0.2) is 40.0 Å². The van der Waals surface area contributed by atoms with Crippen LogP contribution >= 0.6 is 0 Å². The molecule has 36 heavy (non-hydrogen) atoms. The van der Waals surface area contributed by atoms with E-state index in [9.17, 15) is 48.0 Å². The Morgan fingerprint density at radius 1 is 0.861 bits per heavy atom. The number of sulfonamides is 1. The molecule has 3 saturated carbocycles. The van der Waals surface area contributed by atoms with Crippen LogP contribution in [0.4, 0.5) is 32.0 Å². The minimum Gasteiger partial charge on any atom is -0.346 e. The lowest BCUT2D eigenvalue weighted by Crippen LogP contribution is -2.78. The van der Waals surface area contributed by atoms with Crippen LogP contribution in [0.2, 0.25) is 0 Å². The summed E-state index contributed by atoms with van der Waals surface area (Å²) in [6.07, 6.45) is -5.18. The maximum absolute atomic E-state index is 13.1. The Hall–Kier alpha value is -2.81. The predicted octanol–water partition coefficient (Wildman–Crippen LogP) is 4.30. The summed E-state index contributed by atoms with van der Waals surface area (Å²) >= 11 is 0. The summed E-state index contributed by atoms with van der Waals surface area (Å²) in [6, 6.07) is 6.37. The molecule has 0 radical (unpaired) electrons. The number of carbonyl (C=O) groups excluding carboxylic acids is 1. The minimum absolute atomic E-state index is 0.175. The highest BCUT2D eigenvalue weighted by atomic mass is 32.2. The molecule has 0 aromatic heterocycles. The van der Waals surface area contributed by atoms with Crippen molar-refractivity contribution in [2.45, 2.75) is 53.2 Å². The van der Waals surface area contributed by atoms with Crippen molar-refractivity contribution in [3.63, 3.8) is 0 Å². The van der Waals surface area contributed by atoms with Crippen molar-refractivity contribution < 1.29 is 48.0 Å². The van der Waals surface area contributed by atoms with Gasteiger partial charge in [0.2, 0.25) is 0 Å². The van der Waals surface area contributed by atoms with E-state index in [-0.39, 0.29) is 30.5 Å². The second-order valence-corrected chi connectivity index (χ2v) is 12.7. The zero-order chi connectivity index (χ0) is 26.9. The molecule has 15 heteroatoms. The van der Waals surface area contributed by atoms with Crippen molar-refractivity contribution in [2.24, 2.45) is 5.41 Å². The first-order valence-electron chi connectivity index (χ1n) is 10.3. The first-order chi connectivity index (χ1) is 16.3. The fraction of sp³-hybridized carbons (Fsp3) is 0.381. The smallest absolute Gasteiger partial charge is 0.346 e. The van der Waals surface area contributed by atoms with Gasteiger partial charge in [-0.05, 0) is 68.1 Å². The van der Waals surface area contributed by atoms with E-state index in [0.717, 1.165) is 0 Å². The summed E-state index contributed by atoms with van der Waals surface area (Å²) in [5, 5.41) is 2.55. The average Bonchev–Trinajstić information content (AvgIpc) is 2.67. The van der Waals surface area contributed by atoms with E-state index < -0.39 is 58.2 Å². The van der Waals surface area contributed by atoms with Crippen LogP contribution in [0, 0.1) is 12.3 Å². The van der Waals surface area contributed by atoms with Crippen molar-refractivity contribution in [3.8, 4) is 0 Å². The molecule has 0 saturated heterocycles. The standard InChI is InChI=1S/C21H18F6N2O5S2/c1-12-2-7-15(17(30)28-19-9-18(10-19,11-19)20(22,23)24)16(8-12)29-36(33,34)14-5-3-13(4-6-14)35(31,32)21(25,26)27/h2-8,29H,9-11H2,1H3,(H,28,30). The third kappa shape index (κ3) is 4.21. The van der Waals surface area contributed by atoms with E-state index in [0.29, 0.717) is 29.8 Å². The van der Waals surface area contributed by atoms with Crippen LogP contribution in [0.1, 0.15) is 35.2 Å². The number of hydrogen-bond donors (Lipinski definition) is 2. The maximum Gasteiger partial charge on any atom is 0.501 e. The Bertz CT molecular complexity index is 1430. The largest absolute Gasteiger partial charge is 0.501 e. The fourth-order valence-corrected chi connectivity index (χ4v) is 6.44. The van der Waals surface area contributed by atoms with Gasteiger partial charge >= 0.3 is 11.7 Å². The summed E-state index contributed by atoms with van der Waals surface area (Å²) in [5.41, 5.74) is -8.26. The molecular weight excluding hydrogens is 538 g/mol. The molecule has 0 atom stereocenters. The topological polar surface area (TPSA) is 109 Å². The number of benzene rings is 2. The molecule has 0 unspecified atom stereocenters. The molecule has 2 N–H and O–H groups in total. The first-order valence-corrected chi connectivity index (χ1v) is 13.2. The van der Waals surface area contributed by atoms with Crippen molar-refractivity contribution in [3.05, 3.63) is 53.6 Å². The highest BCUT2D eigenvalue weighted by Crippen LogP contribution is 2.73. The Kier molecular flexibility index (Phi) is 5.72. The molecule has 2 aromatic rings. The number of carbonyl (C=O) groups is 1. The molecule has 0 spiro atoms. The Balaban J connectivity index is 1.55. The number of amides is 1. The summed E-state index contributed by atoms with van der Waals surface area (Å²) in [5.74, 6) is -0.796. The van der Waals surface area contributed by atoms with Crippen LogP contribution in [0.25, 0.3) is 0 Å². The van der Waals surface area contributed by atoms with Gasteiger partial charge in [0.25, 0.3) is 25.8 Å². The molecular formula is C21H18F6N2O5S2. The Morgan fingerprint density at radius 2 is 1.39 bits per heavy atom. The molecule has 3 aliphatic rings. The summed E-state index contributed by atoms with van der Waals surface area (Å²) < 4.78 is 128. The normalized spacial score (nSPS) is 23.9. The quantitative estimate of drug-likeness (QED) is 0.516. The van der Waals surface area contributed by atoms with Gasteiger partial charge < -0.3 is 5.32 Å². The second kappa shape index (κ2) is 7.84. The number of halogens is 6. The fourth-order valence-electron chi connectivity index (χ4n) is 4.61. The first kappa shape index (κ1) is 26.3. The number of sulfone groups is 1. The Labute approximate surface area is 201 Å². The molecule has 1 amide bonds. The van der Waals surface area contributed by atoms with Gasteiger partial charge in [-0.2, -0.15) is 26.3 Å². The molecule has 0 aliphatic heterocycles. The number of hydrogen-bond acceptors (Lipinski definition) is 5. The number of alkyl halides is 6. The van der Waals surface area contributed by atoms with Gasteiger partial charge in [0.05, 0.1) is 26.5 Å². The number of rotatable bonds is 6. The van der Waals surface area contributed by atoms with E-state index in [1.165, 1.54) is 18.2 Å². The monoisotopic (exact) mass is 556 g/mol. The lowest BCUT2D eigenvalue weighted by Gasteiger charge is -2.70. The summed E-state index contributed by atoms with van der Waals surface area (Å²) in [7, 11) is -10.2. The van der Waals surface area contributed by atoms with E-state index in [2.05, 4.69) is 10.0 Å². The number of nitrogens with one attached hydrogen (secondary N) is 2. The van der Waals surface area contributed by atoms with Gasteiger partial charge in [0.15, 0.2) is 0 Å². The van der Waals surface area contributed by atoms with E-state index in [1.54, 1.807) is 6.92 Å². The minimum atomic E-state index is -5.68. The van der Waals surface area contributed by atoms with Crippen molar-refractivity contribution in [1.29, 1.82) is 0 Å². The summed E-state index contributed by atoms with van der Waals surface area (Å²) in [6.45, 7) is 1.59. The lowest BCUT2D eigenvalue weighted by molar-refractivity contribution is -0.336. The van der Waals surface area contributed by atoms with Crippen molar-refractivity contribution >= 4 is 31.5 Å². The van der Waals surface area contributed by atoms with Crippen LogP contribution < -0.4 is 10.0 Å². The zero-order valence-corrected chi connectivity index (χ0v) is 19.9. The third-order valence-corrected chi connectivity index (χ3v) is 9.31. The van der Waals surface area contributed by atoms with Gasteiger partial charge in [-0.25, -0.2) is 16.8 Å². The van der Waals surface area contributed by atoms with Crippen LogP contribution in [0.5, 0.6) is 0 Å². The van der Waals surface area contributed by atoms with Gasteiger partial charge in [0, 0.05) is 5.54 Å². The second-order valence-electron chi connectivity index (χ2n) is 9.12. The number of anilines is 1. The Morgan fingerprint density at radius 3 is 1.89 bits per heavy atom. The SMILES string of the molecule is Cc1ccc(C(=O)NC23CC(C(F)(F)F)(C2)C3)c(NS(=O)(=O)c2ccc(S(=O)(=O)C(F)(F)F)cc2)c1. The zero-order valence-electron chi connectivity index (χ0n) is 18.3. The van der Waals surface area contributed by atoms with Gasteiger partial charge in [-0.15, -0.1) is 0 Å². The van der Waals surface area contributed by atoms with Crippen molar-refractivity contribution in [1.82, 2.24) is 5.32 Å². The molecule has 5 rings (SSSR count). The molecule has 2 aromatic carbocycles. The maximum atomic E-state index is 13.1. The number of aryl methyl sites for hydroxylation is 1. The molecule has 0 heterocycles. The molecule has 2 bridgehead atoms. The van der Waals surface area contributed by atoms with Gasteiger partial charge in [-0.3, -0.25) is 9.52 Å². The van der Waals surface area contributed by atoms with E-state index >= 15 is 0 Å². The average molecular weight is 557 g/mol. The predicted molar refractivity (Wildman–Crippen MR) is 114 cm³/mol. The molecule has 3 fully saturated rings. The van der Waals surface area contributed by atoms with Gasteiger partial charge in [-0.1, -0.05) is 6.07 Å². The molecule has 3 aliphatic carbocycles. The third-order valence-electron chi connectivity index (χ3n) is 6.42. The van der Waals surface area contributed by atoms with Crippen LogP contribution in [0.15, 0.2) is 52.3 Å². The van der Waals surface area contributed by atoms with Crippen LogP contribution in [0.3, 0.4) is 0 Å². The van der Waals surface area contributed by atoms with E-state index in [4.69, 9.17) is 0 Å². The molecule has 196 valence electrons. The summed E-state index contributed by atoms with van der Waals surface area (Å²) in [4.78, 5) is 11.1. The van der Waals surface area contributed by atoms with Gasteiger partial charge in [0.1, 0.15) is 0 Å².